The van der Waals surface area contributed by atoms with Crippen LogP contribution in [0.1, 0.15) is 18.6 Å². The number of hydrogen-bond donors (Lipinski definition) is 0. The molecule has 0 N–H and O–H groups in total. The van der Waals surface area contributed by atoms with E-state index in [4.69, 9.17) is 16.0 Å². The molecule has 2 saturated heterocycles. The third kappa shape index (κ3) is 3.61. The van der Waals surface area contributed by atoms with E-state index in [-0.39, 0.29) is 22.6 Å². The average Bonchev–Trinajstić information content (AvgIpc) is 3.49. The Balaban J connectivity index is 1.34. The van der Waals surface area contributed by atoms with E-state index in [1.165, 1.54) is 0 Å². The summed E-state index contributed by atoms with van der Waals surface area (Å²) in [4.78, 5) is 28.1. The number of halogens is 1. The number of rotatable bonds is 4. The summed E-state index contributed by atoms with van der Waals surface area (Å²) < 4.78 is 7.98. The van der Waals surface area contributed by atoms with Crippen LogP contribution in [0, 0.1) is 0 Å². The number of aryl methyl sites for hydroxylation is 1. The van der Waals surface area contributed by atoms with Crippen molar-refractivity contribution in [3.8, 4) is 11.3 Å². The van der Waals surface area contributed by atoms with Gasteiger partial charge in [0.1, 0.15) is 17.4 Å². The summed E-state index contributed by atoms with van der Waals surface area (Å²) in [6, 6.07) is 10.0. The molecule has 1 spiro atoms. The minimum Gasteiger partial charge on any atom is -0.459 e. The van der Waals surface area contributed by atoms with E-state index in [0.29, 0.717) is 25.4 Å². The van der Waals surface area contributed by atoms with Crippen molar-refractivity contribution >= 4 is 46.1 Å². The highest BCUT2D eigenvalue weighted by molar-refractivity contribution is 8.01. The minimum absolute atomic E-state index is 0.00255. The highest BCUT2D eigenvalue weighted by Gasteiger charge is 2.48. The lowest BCUT2D eigenvalue weighted by atomic mass is 10.0. The topological polar surface area (TPSA) is 71.6 Å². The Labute approximate surface area is 189 Å². The van der Waals surface area contributed by atoms with Crippen LogP contribution in [0.3, 0.4) is 0 Å². The number of aromatic nitrogens is 2. The smallest absolute Gasteiger partial charge is 0.237 e. The molecule has 2 aliphatic heterocycles. The van der Waals surface area contributed by atoms with Gasteiger partial charge < -0.3 is 14.2 Å². The van der Waals surface area contributed by atoms with Gasteiger partial charge in [-0.15, -0.1) is 23.4 Å². The minimum atomic E-state index is -0.277. The molecule has 0 bridgehead atoms. The van der Waals surface area contributed by atoms with Crippen molar-refractivity contribution in [2.24, 2.45) is 7.05 Å². The number of hydrogen-bond acceptors (Lipinski definition) is 5. The van der Waals surface area contributed by atoms with Crippen LogP contribution in [-0.2, 0) is 23.2 Å². The lowest BCUT2D eigenvalue weighted by molar-refractivity contribution is -0.134. The first kappa shape index (κ1) is 20.5. The maximum atomic E-state index is 12.7. The number of amides is 2. The van der Waals surface area contributed by atoms with E-state index in [1.54, 1.807) is 16.7 Å². The Hall–Kier alpha value is -2.45. The molecular formula is C22H23ClN4O3S. The van der Waals surface area contributed by atoms with Crippen LogP contribution in [0.5, 0.6) is 0 Å². The second-order valence-electron chi connectivity index (χ2n) is 8.04. The molecular weight excluding hydrogens is 436 g/mol. The van der Waals surface area contributed by atoms with Crippen LogP contribution in [0.25, 0.3) is 22.2 Å². The molecule has 1 aromatic carbocycles. The molecule has 0 radical (unpaired) electrons. The molecule has 31 heavy (non-hydrogen) atoms. The third-order valence-electron chi connectivity index (χ3n) is 6.28. The number of likely N-dealkylation sites (tertiary alicyclic amines) is 1. The Morgan fingerprint density at radius 1 is 1.26 bits per heavy atom. The second-order valence-corrected chi connectivity index (χ2v) is 9.64. The number of carbonyl (C=O) groups is 2. The summed E-state index contributed by atoms with van der Waals surface area (Å²) in [5, 5.41) is 5.37. The van der Waals surface area contributed by atoms with Gasteiger partial charge in [-0.1, -0.05) is 12.1 Å². The summed E-state index contributed by atoms with van der Waals surface area (Å²) in [6.45, 7) is 1.68. The van der Waals surface area contributed by atoms with Crippen LogP contribution in [0.2, 0.25) is 0 Å². The summed E-state index contributed by atoms with van der Waals surface area (Å²) in [6.07, 6.45) is 3.34. The zero-order valence-corrected chi connectivity index (χ0v) is 18.8. The molecule has 162 valence electrons. The van der Waals surface area contributed by atoms with Crippen LogP contribution < -0.4 is 0 Å². The summed E-state index contributed by atoms with van der Waals surface area (Å²) >= 11 is 7.39. The predicted molar refractivity (Wildman–Crippen MR) is 121 cm³/mol. The lowest BCUT2D eigenvalue weighted by Crippen LogP contribution is -2.52. The quantitative estimate of drug-likeness (QED) is 0.560. The first-order valence-electron chi connectivity index (χ1n) is 10.3. The van der Waals surface area contributed by atoms with Crippen molar-refractivity contribution in [3.63, 3.8) is 0 Å². The number of furan rings is 1. The van der Waals surface area contributed by atoms with Gasteiger partial charge in [-0.2, -0.15) is 5.10 Å². The maximum Gasteiger partial charge on any atom is 0.237 e. The van der Waals surface area contributed by atoms with Gasteiger partial charge in [0.2, 0.25) is 11.8 Å². The van der Waals surface area contributed by atoms with Crippen molar-refractivity contribution in [2.45, 2.75) is 24.3 Å². The number of fused-ring (bicyclic) bond motifs is 1. The monoisotopic (exact) mass is 458 g/mol. The van der Waals surface area contributed by atoms with Crippen LogP contribution in [0.15, 0.2) is 40.9 Å². The SMILES string of the molecule is Cn1ncc2ccc(-c3ccc(CN4C(=O)CSC45CCN(C(=O)CCl)CC5)o3)cc21. The van der Waals surface area contributed by atoms with E-state index in [1.807, 2.05) is 47.1 Å². The average molecular weight is 459 g/mol. The van der Waals surface area contributed by atoms with Gasteiger partial charge in [0, 0.05) is 31.1 Å². The van der Waals surface area contributed by atoms with Gasteiger partial charge in [-0.05, 0) is 31.0 Å². The molecule has 0 unspecified atom stereocenters. The maximum absolute atomic E-state index is 12.7. The summed E-state index contributed by atoms with van der Waals surface area (Å²) in [5.74, 6) is 2.08. The molecule has 5 rings (SSSR count). The van der Waals surface area contributed by atoms with Crippen molar-refractivity contribution in [1.29, 1.82) is 0 Å². The summed E-state index contributed by atoms with van der Waals surface area (Å²) in [5.41, 5.74) is 2.02. The molecule has 2 aliphatic rings. The van der Waals surface area contributed by atoms with Crippen molar-refractivity contribution in [2.75, 3.05) is 24.7 Å². The zero-order valence-electron chi connectivity index (χ0n) is 17.2. The van der Waals surface area contributed by atoms with Crippen molar-refractivity contribution in [1.82, 2.24) is 19.6 Å². The molecule has 2 aromatic heterocycles. The number of piperidine rings is 1. The molecule has 3 aromatic rings. The van der Waals surface area contributed by atoms with Gasteiger partial charge in [0.05, 0.1) is 28.9 Å². The van der Waals surface area contributed by atoms with Gasteiger partial charge in [-0.3, -0.25) is 14.3 Å². The van der Waals surface area contributed by atoms with Crippen LogP contribution in [0.4, 0.5) is 0 Å². The normalized spacial score (nSPS) is 18.5. The molecule has 4 heterocycles. The van der Waals surface area contributed by atoms with E-state index in [2.05, 4.69) is 11.2 Å². The van der Waals surface area contributed by atoms with Gasteiger partial charge in [0.25, 0.3) is 0 Å². The third-order valence-corrected chi connectivity index (χ3v) is 8.06. The second kappa shape index (κ2) is 7.91. The van der Waals surface area contributed by atoms with Gasteiger partial charge in [0.15, 0.2) is 0 Å². The first-order valence-corrected chi connectivity index (χ1v) is 11.8. The van der Waals surface area contributed by atoms with E-state index in [0.717, 1.165) is 40.8 Å². The number of carbonyl (C=O) groups excluding carboxylic acids is 2. The molecule has 0 atom stereocenters. The highest BCUT2D eigenvalue weighted by Crippen LogP contribution is 2.45. The number of nitrogens with zero attached hydrogens (tertiary/aromatic N) is 4. The predicted octanol–water partition coefficient (Wildman–Crippen LogP) is 3.47. The van der Waals surface area contributed by atoms with Gasteiger partial charge >= 0.3 is 0 Å². The fourth-order valence-corrected chi connectivity index (χ4v) is 6.00. The first-order chi connectivity index (χ1) is 15.0. The molecule has 2 amide bonds. The number of alkyl halides is 1. The fourth-order valence-electron chi connectivity index (χ4n) is 4.49. The molecule has 7 nitrogen and oxygen atoms in total. The molecule has 0 saturated carbocycles. The Kier molecular flexibility index (Phi) is 5.22. The highest BCUT2D eigenvalue weighted by atomic mass is 35.5. The van der Waals surface area contributed by atoms with Crippen molar-refractivity contribution < 1.29 is 14.0 Å². The number of benzene rings is 1. The molecule has 9 heteroatoms. The van der Waals surface area contributed by atoms with Gasteiger partial charge in [-0.25, -0.2) is 0 Å². The van der Waals surface area contributed by atoms with Crippen LogP contribution >= 0.6 is 23.4 Å². The largest absolute Gasteiger partial charge is 0.459 e. The zero-order chi connectivity index (χ0) is 21.6. The molecule has 0 aliphatic carbocycles. The Morgan fingerprint density at radius 2 is 2.06 bits per heavy atom. The Morgan fingerprint density at radius 3 is 2.84 bits per heavy atom. The number of thioether (sulfide) groups is 1. The van der Waals surface area contributed by atoms with E-state index < -0.39 is 0 Å². The van der Waals surface area contributed by atoms with Crippen molar-refractivity contribution in [3.05, 3.63) is 42.3 Å². The molecule has 2 fully saturated rings. The van der Waals surface area contributed by atoms with Crippen LogP contribution in [-0.4, -0.2) is 61.0 Å². The lowest BCUT2D eigenvalue weighted by Gasteiger charge is -2.43. The van der Waals surface area contributed by atoms with E-state index in [9.17, 15) is 9.59 Å². The standard InChI is InChI=1S/C22H23ClN4O3S/c1-25-18-10-15(2-3-16(18)12-24-25)19-5-4-17(30-19)13-27-21(29)14-31-22(27)6-8-26(9-7-22)20(28)11-23/h2-5,10,12H,6-9,11,13-14H2,1H3. The Bertz CT molecular complexity index is 1150. The summed E-state index contributed by atoms with van der Waals surface area (Å²) in [7, 11) is 1.92. The fraction of sp³-hybridized carbons (Fsp3) is 0.409. The van der Waals surface area contributed by atoms with E-state index >= 15 is 0 Å².